The van der Waals surface area contributed by atoms with Gasteiger partial charge in [0.15, 0.2) is 7.49 Å². The van der Waals surface area contributed by atoms with Crippen LogP contribution in [0.1, 0.15) is 94.6 Å². The smallest absolute Gasteiger partial charge is 0.180 e. The summed E-state index contributed by atoms with van der Waals surface area (Å²) in [6, 6.07) is 15.9. The average Bonchev–Trinajstić information content (AvgIpc) is 3.13. The molecule has 0 aromatic heterocycles. The molecule has 2 aromatic carbocycles. The van der Waals surface area contributed by atoms with E-state index in [1.54, 1.807) is 0 Å². The number of rotatable bonds is 4. The number of fused-ring (bicyclic) bond motifs is 3. The fourth-order valence-corrected chi connectivity index (χ4v) is 11.4. The molecule has 0 amide bonds. The molecule has 1 atom stereocenters. The standard InChI is InChI=1S/C27H36OP/c1-2-22-23-16-9-10-17-24(23)25-18-11-19-26(27(22)25)29(28,20-12-5-3-6-13-20)21-14-7-4-8-15-21/h9-11,16-22,28H,2-8,12-15H2,1H3/q+1. The maximum atomic E-state index is 12.8. The monoisotopic (exact) mass is 407 g/mol. The van der Waals surface area contributed by atoms with Crippen molar-refractivity contribution in [1.82, 2.24) is 0 Å². The Morgan fingerprint density at radius 1 is 0.759 bits per heavy atom. The Labute approximate surface area is 177 Å². The van der Waals surface area contributed by atoms with E-state index in [9.17, 15) is 4.89 Å². The largest absolute Gasteiger partial charge is 0.246 e. The van der Waals surface area contributed by atoms with Crippen LogP contribution in [0.2, 0.25) is 0 Å². The van der Waals surface area contributed by atoms with E-state index in [0.717, 1.165) is 6.42 Å². The highest BCUT2D eigenvalue weighted by molar-refractivity contribution is 7.79. The molecular weight excluding hydrogens is 371 g/mol. The van der Waals surface area contributed by atoms with E-state index in [1.807, 2.05) is 0 Å². The molecule has 0 aliphatic heterocycles. The molecule has 1 unspecified atom stereocenters. The number of hydrogen-bond acceptors (Lipinski definition) is 1. The highest BCUT2D eigenvalue weighted by Gasteiger charge is 2.56. The predicted octanol–water partition coefficient (Wildman–Crippen LogP) is 7.42. The van der Waals surface area contributed by atoms with Crippen molar-refractivity contribution in [3.63, 3.8) is 0 Å². The molecule has 0 saturated heterocycles. The first kappa shape index (κ1) is 19.8. The van der Waals surface area contributed by atoms with Crippen LogP contribution in [-0.2, 0) is 0 Å². The van der Waals surface area contributed by atoms with Crippen molar-refractivity contribution in [2.75, 3.05) is 0 Å². The van der Waals surface area contributed by atoms with Crippen LogP contribution in [0.4, 0.5) is 0 Å². The van der Waals surface area contributed by atoms with Gasteiger partial charge in [0, 0.05) is 11.5 Å². The summed E-state index contributed by atoms with van der Waals surface area (Å²) in [5.74, 6) is 0.455. The van der Waals surface area contributed by atoms with Gasteiger partial charge in [0.2, 0.25) is 0 Å². The molecule has 154 valence electrons. The van der Waals surface area contributed by atoms with E-state index in [0.29, 0.717) is 17.2 Å². The zero-order valence-corrected chi connectivity index (χ0v) is 18.8. The molecule has 2 saturated carbocycles. The highest BCUT2D eigenvalue weighted by Crippen LogP contribution is 2.70. The van der Waals surface area contributed by atoms with E-state index in [-0.39, 0.29) is 0 Å². The molecule has 0 bridgehead atoms. The summed E-state index contributed by atoms with van der Waals surface area (Å²) >= 11 is 0. The highest BCUT2D eigenvalue weighted by atomic mass is 31.2. The second-order valence-corrected chi connectivity index (χ2v) is 13.0. The molecule has 2 aromatic rings. The summed E-state index contributed by atoms with van der Waals surface area (Å²) in [6.45, 7) is 2.33. The molecular formula is C27H36OP+. The molecule has 0 heterocycles. The summed E-state index contributed by atoms with van der Waals surface area (Å²) in [7, 11) is -2.19. The fraction of sp³-hybridized carbons (Fsp3) is 0.556. The average molecular weight is 408 g/mol. The first-order valence-electron chi connectivity index (χ1n) is 12.1. The fourth-order valence-electron chi connectivity index (χ4n) is 6.73. The van der Waals surface area contributed by atoms with Gasteiger partial charge in [-0.25, -0.2) is 4.89 Å². The van der Waals surface area contributed by atoms with Gasteiger partial charge in [-0.1, -0.05) is 56.2 Å². The third-order valence-corrected chi connectivity index (χ3v) is 12.5. The van der Waals surface area contributed by atoms with Gasteiger partial charge in [0.1, 0.15) is 16.6 Å². The molecule has 3 aliphatic carbocycles. The minimum absolute atomic E-state index is 0.455. The minimum atomic E-state index is -2.19. The third kappa shape index (κ3) is 3.21. The first-order valence-corrected chi connectivity index (χ1v) is 14.0. The Morgan fingerprint density at radius 2 is 1.34 bits per heavy atom. The van der Waals surface area contributed by atoms with Crippen LogP contribution in [0.3, 0.4) is 0 Å². The summed E-state index contributed by atoms with van der Waals surface area (Å²) < 4.78 is 0. The van der Waals surface area contributed by atoms with Crippen molar-refractivity contribution < 1.29 is 4.89 Å². The molecule has 3 aliphatic rings. The lowest BCUT2D eigenvalue weighted by molar-refractivity contribution is 0.438. The topological polar surface area (TPSA) is 20.2 Å². The lowest BCUT2D eigenvalue weighted by Crippen LogP contribution is -2.36. The molecule has 2 heteroatoms. The van der Waals surface area contributed by atoms with Crippen LogP contribution in [0.5, 0.6) is 0 Å². The predicted molar refractivity (Wildman–Crippen MR) is 127 cm³/mol. The van der Waals surface area contributed by atoms with Gasteiger partial charge < -0.3 is 0 Å². The van der Waals surface area contributed by atoms with Crippen LogP contribution in [0.15, 0.2) is 42.5 Å². The van der Waals surface area contributed by atoms with Crippen molar-refractivity contribution >= 4 is 12.8 Å². The quantitative estimate of drug-likeness (QED) is 0.523. The van der Waals surface area contributed by atoms with E-state index >= 15 is 0 Å². The van der Waals surface area contributed by atoms with Gasteiger partial charge in [-0.3, -0.25) is 0 Å². The maximum Gasteiger partial charge on any atom is 0.180 e. The van der Waals surface area contributed by atoms with Crippen molar-refractivity contribution in [3.05, 3.63) is 53.6 Å². The zero-order chi connectivity index (χ0) is 19.8. The molecule has 2 fully saturated rings. The van der Waals surface area contributed by atoms with Gasteiger partial charge in [-0.05, 0) is 80.5 Å². The third-order valence-electron chi connectivity index (χ3n) is 8.11. The van der Waals surface area contributed by atoms with Crippen molar-refractivity contribution in [1.29, 1.82) is 0 Å². The summed E-state index contributed by atoms with van der Waals surface area (Å²) in [5.41, 5.74) is 6.88. The second kappa shape index (κ2) is 8.16. The zero-order valence-electron chi connectivity index (χ0n) is 17.9. The lowest BCUT2D eigenvalue weighted by atomic mass is 9.94. The summed E-state index contributed by atoms with van der Waals surface area (Å²) in [6.07, 6.45) is 14.1. The maximum absolute atomic E-state index is 12.8. The lowest BCUT2D eigenvalue weighted by Gasteiger charge is -2.39. The molecule has 0 radical (unpaired) electrons. The Kier molecular flexibility index (Phi) is 5.57. The SMILES string of the molecule is CCC1c2ccccc2-c2cccc([P+](O)(C3CCCCC3)C3CCCCC3)c21. The van der Waals surface area contributed by atoms with E-state index in [1.165, 1.54) is 91.8 Å². The summed E-state index contributed by atoms with van der Waals surface area (Å²) in [5, 5.41) is 1.40. The summed E-state index contributed by atoms with van der Waals surface area (Å²) in [4.78, 5) is 12.8. The van der Waals surface area contributed by atoms with Gasteiger partial charge in [0.25, 0.3) is 0 Å². The molecule has 5 rings (SSSR count). The van der Waals surface area contributed by atoms with E-state index in [2.05, 4.69) is 49.4 Å². The normalized spacial score (nSPS) is 23.0. The van der Waals surface area contributed by atoms with Crippen LogP contribution < -0.4 is 5.30 Å². The Morgan fingerprint density at radius 3 is 1.97 bits per heavy atom. The van der Waals surface area contributed by atoms with Gasteiger partial charge >= 0.3 is 0 Å². The van der Waals surface area contributed by atoms with Crippen molar-refractivity contribution in [2.24, 2.45) is 0 Å². The van der Waals surface area contributed by atoms with Crippen LogP contribution in [-0.4, -0.2) is 16.2 Å². The minimum Gasteiger partial charge on any atom is -0.246 e. The van der Waals surface area contributed by atoms with Crippen LogP contribution in [0.25, 0.3) is 11.1 Å². The van der Waals surface area contributed by atoms with Crippen LogP contribution >= 0.6 is 7.49 Å². The van der Waals surface area contributed by atoms with E-state index < -0.39 is 7.49 Å². The Bertz CT molecular complexity index is 843. The Hall–Kier alpha value is -1.17. The molecule has 1 nitrogen and oxygen atoms in total. The van der Waals surface area contributed by atoms with Gasteiger partial charge in [0.05, 0.1) is 0 Å². The number of hydrogen-bond donors (Lipinski definition) is 1. The van der Waals surface area contributed by atoms with Gasteiger partial charge in [-0.15, -0.1) is 0 Å². The van der Waals surface area contributed by atoms with E-state index in [4.69, 9.17) is 0 Å². The Balaban J connectivity index is 1.68. The van der Waals surface area contributed by atoms with Crippen molar-refractivity contribution in [2.45, 2.75) is 94.8 Å². The second-order valence-electron chi connectivity index (χ2n) is 9.61. The first-order chi connectivity index (χ1) is 14.2. The molecule has 1 N–H and O–H groups in total. The van der Waals surface area contributed by atoms with Gasteiger partial charge in [-0.2, -0.15) is 0 Å². The van der Waals surface area contributed by atoms with Crippen molar-refractivity contribution in [3.8, 4) is 11.1 Å². The molecule has 0 spiro atoms. The van der Waals surface area contributed by atoms with Crippen LogP contribution in [0, 0.1) is 0 Å². The molecule has 29 heavy (non-hydrogen) atoms. The number of benzene rings is 2.